The average Bonchev–Trinajstić information content (AvgIpc) is 2.78. The van der Waals surface area contributed by atoms with E-state index in [1.165, 1.54) is 11.3 Å². The van der Waals surface area contributed by atoms with Crippen LogP contribution in [0.25, 0.3) is 0 Å². The van der Waals surface area contributed by atoms with Crippen LogP contribution in [0.1, 0.15) is 21.1 Å². The molecule has 0 bridgehead atoms. The van der Waals surface area contributed by atoms with Crippen molar-refractivity contribution in [1.29, 1.82) is 0 Å². The molecule has 0 fully saturated rings. The number of nitrogens with zero attached hydrogens (tertiary/aromatic N) is 3. The van der Waals surface area contributed by atoms with Gasteiger partial charge in [0.05, 0.1) is 10.6 Å². The summed E-state index contributed by atoms with van der Waals surface area (Å²) in [7, 11) is 1.98. The summed E-state index contributed by atoms with van der Waals surface area (Å²) in [6.45, 7) is 2.69. The molecule has 0 amide bonds. The number of pyridine rings is 1. The molecule has 18 heavy (non-hydrogen) atoms. The number of aldehydes is 1. The summed E-state index contributed by atoms with van der Waals surface area (Å²) in [6, 6.07) is 5.91. The van der Waals surface area contributed by atoms with Gasteiger partial charge in [-0.25, -0.2) is 4.98 Å². The summed E-state index contributed by atoms with van der Waals surface area (Å²) >= 11 is 1.43. The lowest BCUT2D eigenvalue weighted by Gasteiger charge is -2.14. The van der Waals surface area contributed by atoms with Crippen molar-refractivity contribution in [3.05, 3.63) is 40.7 Å². The highest BCUT2D eigenvalue weighted by atomic mass is 32.1. The van der Waals surface area contributed by atoms with E-state index in [4.69, 9.17) is 0 Å². The second-order valence-electron chi connectivity index (χ2n) is 4.06. The zero-order valence-corrected chi connectivity index (χ0v) is 11.3. The molecule has 0 aliphatic rings. The van der Waals surface area contributed by atoms with Crippen LogP contribution in [0.5, 0.6) is 0 Å². The Kier molecular flexibility index (Phi) is 4.04. The van der Waals surface area contributed by atoms with E-state index in [0.29, 0.717) is 4.88 Å². The van der Waals surface area contributed by atoms with Crippen LogP contribution in [0.4, 0.5) is 5.13 Å². The van der Waals surface area contributed by atoms with Crippen LogP contribution in [-0.2, 0) is 6.42 Å². The van der Waals surface area contributed by atoms with Crippen molar-refractivity contribution in [2.45, 2.75) is 13.3 Å². The summed E-state index contributed by atoms with van der Waals surface area (Å²) in [6.07, 6.45) is 3.53. The minimum Gasteiger partial charge on any atom is -0.351 e. The SMILES string of the molecule is Cc1nc(N(C)CCc2ccccn2)sc1C=O. The second kappa shape index (κ2) is 5.73. The van der Waals surface area contributed by atoms with Gasteiger partial charge in [-0.1, -0.05) is 17.4 Å². The van der Waals surface area contributed by atoms with Crippen molar-refractivity contribution in [1.82, 2.24) is 9.97 Å². The number of thiazole rings is 1. The third-order valence-electron chi connectivity index (χ3n) is 2.68. The van der Waals surface area contributed by atoms with Gasteiger partial charge in [-0.2, -0.15) is 0 Å². The minimum atomic E-state index is 0.703. The number of hydrogen-bond donors (Lipinski definition) is 0. The Morgan fingerprint density at radius 1 is 1.44 bits per heavy atom. The number of anilines is 1. The van der Waals surface area contributed by atoms with Gasteiger partial charge in [0.2, 0.25) is 0 Å². The maximum atomic E-state index is 10.8. The predicted octanol–water partition coefficient (Wildman–Crippen LogP) is 2.34. The lowest BCUT2D eigenvalue weighted by Crippen LogP contribution is -2.20. The molecule has 0 aromatic carbocycles. The van der Waals surface area contributed by atoms with E-state index in [1.54, 1.807) is 6.20 Å². The smallest absolute Gasteiger partial charge is 0.185 e. The molecular weight excluding hydrogens is 246 g/mol. The Labute approximate surface area is 110 Å². The summed E-state index contributed by atoms with van der Waals surface area (Å²) in [5.74, 6) is 0. The Balaban J connectivity index is 1.99. The topological polar surface area (TPSA) is 46.1 Å². The lowest BCUT2D eigenvalue weighted by atomic mass is 10.2. The number of aromatic nitrogens is 2. The second-order valence-corrected chi connectivity index (χ2v) is 5.07. The number of rotatable bonds is 5. The maximum Gasteiger partial charge on any atom is 0.185 e. The van der Waals surface area contributed by atoms with Crippen LogP contribution in [0.15, 0.2) is 24.4 Å². The number of aryl methyl sites for hydroxylation is 1. The third kappa shape index (κ3) is 2.92. The zero-order valence-electron chi connectivity index (χ0n) is 10.5. The van der Waals surface area contributed by atoms with E-state index in [2.05, 4.69) is 14.9 Å². The molecule has 0 radical (unpaired) electrons. The van der Waals surface area contributed by atoms with Gasteiger partial charge < -0.3 is 4.90 Å². The molecule has 0 unspecified atom stereocenters. The van der Waals surface area contributed by atoms with Crippen LogP contribution in [0.3, 0.4) is 0 Å². The van der Waals surface area contributed by atoms with Crippen LogP contribution in [0.2, 0.25) is 0 Å². The summed E-state index contributed by atoms with van der Waals surface area (Å²) in [5.41, 5.74) is 1.86. The third-order valence-corrected chi connectivity index (χ3v) is 3.88. The molecule has 0 atom stereocenters. The van der Waals surface area contributed by atoms with Gasteiger partial charge in [0.1, 0.15) is 0 Å². The predicted molar refractivity (Wildman–Crippen MR) is 73.4 cm³/mol. The highest BCUT2D eigenvalue weighted by Gasteiger charge is 2.10. The molecular formula is C13H15N3OS. The van der Waals surface area contributed by atoms with Crippen molar-refractivity contribution in [2.75, 3.05) is 18.5 Å². The zero-order chi connectivity index (χ0) is 13.0. The van der Waals surface area contributed by atoms with Gasteiger partial charge in [0, 0.05) is 31.9 Å². The Hall–Kier alpha value is -1.75. The quantitative estimate of drug-likeness (QED) is 0.775. The number of carbonyl (C=O) groups is 1. The highest BCUT2D eigenvalue weighted by molar-refractivity contribution is 7.17. The molecule has 2 heterocycles. The van der Waals surface area contributed by atoms with Gasteiger partial charge in [0.15, 0.2) is 11.4 Å². The lowest BCUT2D eigenvalue weighted by molar-refractivity contribution is 0.112. The highest BCUT2D eigenvalue weighted by Crippen LogP contribution is 2.23. The summed E-state index contributed by atoms with van der Waals surface area (Å²) in [5, 5.41) is 0.880. The molecule has 5 heteroatoms. The van der Waals surface area contributed by atoms with Crippen LogP contribution in [0, 0.1) is 6.92 Å². The Morgan fingerprint density at radius 2 is 2.28 bits per heavy atom. The molecule has 4 nitrogen and oxygen atoms in total. The van der Waals surface area contributed by atoms with Crippen molar-refractivity contribution in [3.63, 3.8) is 0 Å². The van der Waals surface area contributed by atoms with E-state index < -0.39 is 0 Å². The fraction of sp³-hybridized carbons (Fsp3) is 0.308. The largest absolute Gasteiger partial charge is 0.351 e. The van der Waals surface area contributed by atoms with Crippen molar-refractivity contribution < 1.29 is 4.79 Å². The molecule has 0 saturated heterocycles. The number of hydrogen-bond acceptors (Lipinski definition) is 5. The molecule has 0 aliphatic carbocycles. The monoisotopic (exact) mass is 261 g/mol. The summed E-state index contributed by atoms with van der Waals surface area (Å²) in [4.78, 5) is 22.2. The number of likely N-dealkylation sites (N-methyl/N-ethyl adjacent to an activating group) is 1. The fourth-order valence-electron chi connectivity index (χ4n) is 1.59. The van der Waals surface area contributed by atoms with E-state index in [1.807, 2.05) is 32.2 Å². The van der Waals surface area contributed by atoms with Gasteiger partial charge in [-0.15, -0.1) is 0 Å². The van der Waals surface area contributed by atoms with Crippen molar-refractivity contribution >= 4 is 22.8 Å². The molecule has 0 spiro atoms. The van der Waals surface area contributed by atoms with Gasteiger partial charge >= 0.3 is 0 Å². The Bertz CT molecular complexity index is 524. The van der Waals surface area contributed by atoms with Crippen LogP contribution >= 0.6 is 11.3 Å². The first-order valence-electron chi connectivity index (χ1n) is 5.74. The van der Waals surface area contributed by atoms with Gasteiger partial charge in [-0.3, -0.25) is 9.78 Å². The van der Waals surface area contributed by atoms with E-state index >= 15 is 0 Å². The summed E-state index contributed by atoms with van der Waals surface area (Å²) < 4.78 is 0. The maximum absolute atomic E-state index is 10.8. The standard InChI is InChI=1S/C13H15N3OS/c1-10-12(9-17)18-13(15-10)16(2)8-6-11-5-3-4-7-14-11/h3-5,7,9H,6,8H2,1-2H3. The van der Waals surface area contributed by atoms with Gasteiger partial charge in [-0.05, 0) is 19.1 Å². The molecule has 94 valence electrons. The molecule has 0 saturated carbocycles. The molecule has 2 aromatic heterocycles. The van der Waals surface area contributed by atoms with Crippen molar-refractivity contribution in [3.8, 4) is 0 Å². The van der Waals surface area contributed by atoms with Crippen LogP contribution < -0.4 is 4.90 Å². The molecule has 2 aromatic rings. The molecule has 2 rings (SSSR count). The molecule has 0 aliphatic heterocycles. The van der Waals surface area contributed by atoms with Gasteiger partial charge in [0.25, 0.3) is 0 Å². The van der Waals surface area contributed by atoms with E-state index in [0.717, 1.165) is 35.8 Å². The number of carbonyl (C=O) groups excluding carboxylic acids is 1. The Morgan fingerprint density at radius 3 is 2.89 bits per heavy atom. The first-order chi connectivity index (χ1) is 8.70. The molecule has 0 N–H and O–H groups in total. The normalized spacial score (nSPS) is 10.3. The van der Waals surface area contributed by atoms with Crippen molar-refractivity contribution in [2.24, 2.45) is 0 Å². The minimum absolute atomic E-state index is 0.703. The first-order valence-corrected chi connectivity index (χ1v) is 6.56. The van der Waals surface area contributed by atoms with Crippen LogP contribution in [-0.4, -0.2) is 29.8 Å². The average molecular weight is 261 g/mol. The van der Waals surface area contributed by atoms with E-state index in [-0.39, 0.29) is 0 Å². The fourth-order valence-corrected chi connectivity index (χ4v) is 2.46. The van der Waals surface area contributed by atoms with E-state index in [9.17, 15) is 4.79 Å². The first kappa shape index (κ1) is 12.7.